The van der Waals surface area contributed by atoms with Crippen LogP contribution in [0.2, 0.25) is 0 Å². The third-order valence-electron chi connectivity index (χ3n) is 4.68. The zero-order chi connectivity index (χ0) is 15.7. The lowest BCUT2D eigenvalue weighted by Gasteiger charge is -2.43. The highest BCUT2D eigenvalue weighted by Gasteiger charge is 2.42. The van der Waals surface area contributed by atoms with Crippen LogP contribution in [0.1, 0.15) is 27.2 Å². The monoisotopic (exact) mass is 317 g/mol. The first-order valence-electron chi connectivity index (χ1n) is 7.75. The van der Waals surface area contributed by atoms with E-state index in [9.17, 15) is 13.2 Å². The van der Waals surface area contributed by atoms with Gasteiger partial charge in [-0.15, -0.1) is 0 Å². The summed E-state index contributed by atoms with van der Waals surface area (Å²) in [4.78, 5) is 16.9. The number of hydrogen-bond acceptors (Lipinski definition) is 5. The predicted molar refractivity (Wildman–Crippen MR) is 83.0 cm³/mol. The van der Waals surface area contributed by atoms with Crippen LogP contribution in [0.5, 0.6) is 0 Å². The van der Waals surface area contributed by atoms with Gasteiger partial charge in [0.15, 0.2) is 9.84 Å². The Labute approximate surface area is 127 Å². The standard InChI is InChI=1S/C14H27N3O3S/c1-4-17(12-5-10-21(19,20)11-12)13(18)14(2,3)16-8-6-15-7-9-16/h12,15H,4-11H2,1-3H3. The van der Waals surface area contributed by atoms with E-state index in [0.29, 0.717) is 13.0 Å². The summed E-state index contributed by atoms with van der Waals surface area (Å²) in [5, 5.41) is 3.29. The number of nitrogens with one attached hydrogen (secondary N) is 1. The van der Waals surface area contributed by atoms with Gasteiger partial charge in [-0.25, -0.2) is 8.42 Å². The van der Waals surface area contributed by atoms with Gasteiger partial charge in [0.1, 0.15) is 0 Å². The Morgan fingerprint density at radius 3 is 2.43 bits per heavy atom. The molecule has 1 amide bonds. The Hall–Kier alpha value is -0.660. The summed E-state index contributed by atoms with van der Waals surface area (Å²) in [7, 11) is -2.97. The molecule has 122 valence electrons. The quantitative estimate of drug-likeness (QED) is 0.771. The van der Waals surface area contributed by atoms with E-state index in [1.807, 2.05) is 20.8 Å². The third-order valence-corrected chi connectivity index (χ3v) is 6.43. The zero-order valence-corrected chi connectivity index (χ0v) is 14.1. The maximum atomic E-state index is 13.0. The maximum Gasteiger partial charge on any atom is 0.242 e. The molecular weight excluding hydrogens is 290 g/mol. The number of carbonyl (C=O) groups excluding carboxylic acids is 1. The van der Waals surface area contributed by atoms with Crippen LogP contribution in [-0.4, -0.2) is 79.9 Å². The Bertz CT molecular complexity index is 484. The van der Waals surface area contributed by atoms with Gasteiger partial charge in [-0.1, -0.05) is 0 Å². The molecule has 6 nitrogen and oxygen atoms in total. The van der Waals surface area contributed by atoms with Crippen molar-refractivity contribution in [2.75, 3.05) is 44.2 Å². The lowest BCUT2D eigenvalue weighted by atomic mass is 9.98. The van der Waals surface area contributed by atoms with Gasteiger partial charge in [0, 0.05) is 38.8 Å². The Kier molecular flexibility index (Phi) is 4.95. The molecule has 0 aromatic heterocycles. The molecule has 1 N–H and O–H groups in total. The number of nitrogens with zero attached hydrogens (tertiary/aromatic N) is 2. The molecule has 2 aliphatic rings. The summed E-state index contributed by atoms with van der Waals surface area (Å²) in [5.41, 5.74) is -0.579. The molecule has 1 unspecified atom stereocenters. The highest BCUT2D eigenvalue weighted by molar-refractivity contribution is 7.91. The molecule has 7 heteroatoms. The largest absolute Gasteiger partial charge is 0.337 e. The van der Waals surface area contributed by atoms with Crippen LogP contribution in [0, 0.1) is 0 Å². The number of sulfone groups is 1. The average Bonchev–Trinajstić information content (AvgIpc) is 2.80. The lowest BCUT2D eigenvalue weighted by molar-refractivity contribution is -0.145. The predicted octanol–water partition coefficient (Wildman–Crippen LogP) is -0.294. The van der Waals surface area contributed by atoms with Gasteiger partial charge in [-0.3, -0.25) is 9.69 Å². The fraction of sp³-hybridized carbons (Fsp3) is 0.929. The Morgan fingerprint density at radius 2 is 1.95 bits per heavy atom. The molecule has 2 rings (SSSR count). The molecule has 0 aromatic rings. The number of piperazine rings is 1. The summed E-state index contributed by atoms with van der Waals surface area (Å²) in [6.07, 6.45) is 0.569. The normalized spacial score (nSPS) is 26.7. The van der Waals surface area contributed by atoms with Crippen LogP contribution >= 0.6 is 0 Å². The Balaban J connectivity index is 2.11. The number of hydrogen-bond donors (Lipinski definition) is 1. The summed E-state index contributed by atoms with van der Waals surface area (Å²) in [6.45, 7) is 9.87. The smallest absolute Gasteiger partial charge is 0.242 e. The minimum atomic E-state index is -2.97. The number of likely N-dealkylation sites (N-methyl/N-ethyl adjacent to an activating group) is 1. The Morgan fingerprint density at radius 1 is 1.33 bits per heavy atom. The molecule has 2 aliphatic heterocycles. The molecule has 0 radical (unpaired) electrons. The van der Waals surface area contributed by atoms with Gasteiger partial charge >= 0.3 is 0 Å². The van der Waals surface area contributed by atoms with E-state index >= 15 is 0 Å². The van der Waals surface area contributed by atoms with Gasteiger partial charge in [-0.2, -0.15) is 0 Å². The fourth-order valence-electron chi connectivity index (χ4n) is 3.30. The molecule has 2 saturated heterocycles. The van der Waals surface area contributed by atoms with Crippen molar-refractivity contribution in [3.05, 3.63) is 0 Å². The van der Waals surface area contributed by atoms with Gasteiger partial charge in [-0.05, 0) is 27.2 Å². The van der Waals surface area contributed by atoms with Crippen molar-refractivity contribution in [2.45, 2.75) is 38.8 Å². The van der Waals surface area contributed by atoms with Crippen molar-refractivity contribution in [3.63, 3.8) is 0 Å². The summed E-state index contributed by atoms with van der Waals surface area (Å²) < 4.78 is 23.4. The zero-order valence-electron chi connectivity index (χ0n) is 13.3. The first-order chi connectivity index (χ1) is 9.78. The maximum absolute atomic E-state index is 13.0. The number of rotatable bonds is 4. The second kappa shape index (κ2) is 6.22. The number of carbonyl (C=O) groups is 1. The summed E-state index contributed by atoms with van der Waals surface area (Å²) in [6, 6.07) is -0.158. The fourth-order valence-corrected chi connectivity index (χ4v) is 5.03. The van der Waals surface area contributed by atoms with Crippen LogP contribution in [0.3, 0.4) is 0 Å². The van der Waals surface area contributed by atoms with Crippen molar-refractivity contribution < 1.29 is 13.2 Å². The third kappa shape index (κ3) is 3.57. The van der Waals surface area contributed by atoms with Crippen molar-refractivity contribution in [2.24, 2.45) is 0 Å². The molecule has 0 bridgehead atoms. The minimum absolute atomic E-state index is 0.0500. The van der Waals surface area contributed by atoms with Crippen molar-refractivity contribution in [1.82, 2.24) is 15.1 Å². The SMILES string of the molecule is CCN(C(=O)C(C)(C)N1CCNCC1)C1CCS(=O)(=O)C1. The second-order valence-corrected chi connectivity index (χ2v) is 8.67. The van der Waals surface area contributed by atoms with Crippen LogP contribution in [0.4, 0.5) is 0 Å². The van der Waals surface area contributed by atoms with E-state index in [4.69, 9.17) is 0 Å². The first-order valence-corrected chi connectivity index (χ1v) is 9.57. The van der Waals surface area contributed by atoms with E-state index in [2.05, 4.69) is 10.2 Å². The lowest BCUT2D eigenvalue weighted by Crippen LogP contribution is -2.62. The van der Waals surface area contributed by atoms with Gasteiger partial charge in [0.2, 0.25) is 5.91 Å². The topological polar surface area (TPSA) is 69.7 Å². The van der Waals surface area contributed by atoms with E-state index < -0.39 is 15.4 Å². The van der Waals surface area contributed by atoms with Gasteiger partial charge in [0.05, 0.1) is 17.0 Å². The van der Waals surface area contributed by atoms with E-state index in [1.165, 1.54) is 0 Å². The molecule has 2 fully saturated rings. The highest BCUT2D eigenvalue weighted by atomic mass is 32.2. The van der Waals surface area contributed by atoms with Crippen molar-refractivity contribution in [1.29, 1.82) is 0 Å². The molecule has 0 aromatic carbocycles. The first kappa shape index (κ1) is 16.7. The van der Waals surface area contributed by atoms with Crippen LogP contribution in [-0.2, 0) is 14.6 Å². The van der Waals surface area contributed by atoms with Crippen molar-refractivity contribution in [3.8, 4) is 0 Å². The molecular formula is C14H27N3O3S. The summed E-state index contributed by atoms with van der Waals surface area (Å²) in [5.74, 6) is 0.369. The van der Waals surface area contributed by atoms with Crippen molar-refractivity contribution >= 4 is 15.7 Å². The van der Waals surface area contributed by atoms with Crippen LogP contribution < -0.4 is 5.32 Å². The second-order valence-electron chi connectivity index (χ2n) is 6.44. The van der Waals surface area contributed by atoms with E-state index in [1.54, 1.807) is 4.90 Å². The molecule has 2 heterocycles. The molecule has 0 saturated carbocycles. The average molecular weight is 317 g/mol. The molecule has 21 heavy (non-hydrogen) atoms. The molecule has 1 atom stereocenters. The summed E-state index contributed by atoms with van der Waals surface area (Å²) >= 11 is 0. The number of amides is 1. The highest BCUT2D eigenvalue weighted by Crippen LogP contribution is 2.24. The van der Waals surface area contributed by atoms with Gasteiger partial charge < -0.3 is 10.2 Å². The van der Waals surface area contributed by atoms with Gasteiger partial charge in [0.25, 0.3) is 0 Å². The minimum Gasteiger partial charge on any atom is -0.337 e. The van der Waals surface area contributed by atoms with Crippen LogP contribution in [0.15, 0.2) is 0 Å². The van der Waals surface area contributed by atoms with Crippen LogP contribution in [0.25, 0.3) is 0 Å². The molecule has 0 spiro atoms. The van der Waals surface area contributed by atoms with E-state index in [0.717, 1.165) is 26.2 Å². The molecule has 0 aliphatic carbocycles. The van der Waals surface area contributed by atoms with E-state index in [-0.39, 0.29) is 23.5 Å².